The van der Waals surface area contributed by atoms with Crippen molar-refractivity contribution in [3.05, 3.63) is 12.2 Å². The monoisotopic (exact) mass is 253 g/mol. The van der Waals surface area contributed by atoms with E-state index >= 15 is 0 Å². The molecule has 0 aliphatic carbocycles. The van der Waals surface area contributed by atoms with E-state index in [9.17, 15) is 0 Å². The Labute approximate surface area is 116 Å². The first-order chi connectivity index (χ1) is 8.85. The van der Waals surface area contributed by atoms with Gasteiger partial charge in [-0.3, -0.25) is 0 Å². The van der Waals surface area contributed by atoms with Gasteiger partial charge in [0, 0.05) is 0 Å². The fraction of sp³-hybridized carbons (Fsp3) is 0.882. The van der Waals surface area contributed by atoms with E-state index in [2.05, 4.69) is 37.8 Å². The molecular weight excluding hydrogens is 218 g/mol. The molecule has 0 fully saturated rings. The smallest absolute Gasteiger partial charge is 0.00187 e. The van der Waals surface area contributed by atoms with Gasteiger partial charge in [-0.25, -0.2) is 0 Å². The van der Waals surface area contributed by atoms with Gasteiger partial charge in [0.15, 0.2) is 0 Å². The zero-order valence-electron chi connectivity index (χ0n) is 13.1. The predicted octanol–water partition coefficient (Wildman–Crippen LogP) is 5.42. The summed E-state index contributed by atoms with van der Waals surface area (Å²) in [5, 5.41) is 0. The first kappa shape index (κ1) is 17.7. The molecule has 18 heavy (non-hydrogen) atoms. The lowest BCUT2D eigenvalue weighted by atomic mass is 10.1. The largest absolute Gasteiger partial charge is 0.303 e. The maximum atomic E-state index is 2.63. The van der Waals surface area contributed by atoms with Crippen LogP contribution < -0.4 is 0 Å². The van der Waals surface area contributed by atoms with E-state index in [4.69, 9.17) is 0 Å². The summed E-state index contributed by atoms with van der Waals surface area (Å²) in [7, 11) is 0. The van der Waals surface area contributed by atoms with Crippen LogP contribution >= 0.6 is 0 Å². The summed E-state index contributed by atoms with van der Waals surface area (Å²) in [6.45, 7) is 10.7. The third-order valence-corrected chi connectivity index (χ3v) is 3.33. The maximum Gasteiger partial charge on any atom is -0.00187 e. The molecule has 108 valence electrons. The van der Waals surface area contributed by atoms with Crippen LogP contribution in [0.25, 0.3) is 0 Å². The fourth-order valence-electron chi connectivity index (χ4n) is 2.38. The first-order valence-corrected chi connectivity index (χ1v) is 8.22. The normalized spacial score (nSPS) is 11.8. The average Bonchev–Trinajstić information content (AvgIpc) is 2.37. The first-order valence-electron chi connectivity index (χ1n) is 8.22. The molecule has 0 amide bonds. The molecule has 0 spiro atoms. The molecule has 0 unspecified atom stereocenters. The Bertz CT molecular complexity index is 168. The van der Waals surface area contributed by atoms with Gasteiger partial charge in [0.05, 0.1) is 0 Å². The van der Waals surface area contributed by atoms with E-state index in [-0.39, 0.29) is 0 Å². The van der Waals surface area contributed by atoms with E-state index < -0.39 is 0 Å². The second-order valence-corrected chi connectivity index (χ2v) is 5.28. The van der Waals surface area contributed by atoms with Crippen LogP contribution in [0.2, 0.25) is 0 Å². The van der Waals surface area contributed by atoms with Crippen LogP contribution in [0.4, 0.5) is 0 Å². The van der Waals surface area contributed by atoms with E-state index in [0.29, 0.717) is 0 Å². The molecular formula is C17H35N. The van der Waals surface area contributed by atoms with Crippen molar-refractivity contribution in [2.24, 2.45) is 0 Å². The van der Waals surface area contributed by atoms with Crippen molar-refractivity contribution in [1.29, 1.82) is 0 Å². The highest BCUT2D eigenvalue weighted by molar-refractivity contribution is 4.79. The summed E-state index contributed by atoms with van der Waals surface area (Å²) in [6, 6.07) is 0. The van der Waals surface area contributed by atoms with Gasteiger partial charge in [-0.05, 0) is 58.2 Å². The highest BCUT2D eigenvalue weighted by Crippen LogP contribution is 2.07. The lowest BCUT2D eigenvalue weighted by Crippen LogP contribution is -2.26. The van der Waals surface area contributed by atoms with Crippen LogP contribution in [0.3, 0.4) is 0 Å². The van der Waals surface area contributed by atoms with Gasteiger partial charge in [0.1, 0.15) is 0 Å². The number of nitrogens with zero attached hydrogens (tertiary/aromatic N) is 1. The Morgan fingerprint density at radius 1 is 0.667 bits per heavy atom. The number of rotatable bonds is 13. The number of allylic oxidation sites excluding steroid dienone is 2. The van der Waals surface area contributed by atoms with Crippen LogP contribution in [0, 0.1) is 0 Å². The van der Waals surface area contributed by atoms with Gasteiger partial charge in [-0.15, -0.1) is 0 Å². The van der Waals surface area contributed by atoms with Gasteiger partial charge in [0.25, 0.3) is 0 Å². The minimum atomic E-state index is 1.19. The molecule has 0 rings (SSSR count). The Morgan fingerprint density at radius 3 is 1.89 bits per heavy atom. The van der Waals surface area contributed by atoms with E-state index in [1.807, 2.05) is 0 Å². The van der Waals surface area contributed by atoms with Crippen LogP contribution in [0.5, 0.6) is 0 Å². The third-order valence-electron chi connectivity index (χ3n) is 3.33. The molecule has 0 aliphatic rings. The molecule has 0 atom stereocenters. The minimum Gasteiger partial charge on any atom is -0.303 e. The summed E-state index contributed by atoms with van der Waals surface area (Å²) in [5.41, 5.74) is 0. The lowest BCUT2D eigenvalue weighted by molar-refractivity contribution is 0.268. The van der Waals surface area contributed by atoms with Crippen LogP contribution in [0.1, 0.15) is 78.6 Å². The molecule has 0 bridgehead atoms. The summed E-state index contributed by atoms with van der Waals surface area (Å²) < 4.78 is 0. The van der Waals surface area contributed by atoms with Crippen molar-refractivity contribution in [3.8, 4) is 0 Å². The van der Waals surface area contributed by atoms with Crippen molar-refractivity contribution in [1.82, 2.24) is 4.90 Å². The predicted molar refractivity (Wildman–Crippen MR) is 84.2 cm³/mol. The molecule has 0 saturated heterocycles. The molecule has 0 aromatic carbocycles. The Morgan fingerprint density at radius 2 is 1.28 bits per heavy atom. The molecule has 0 aliphatic heterocycles. The Kier molecular flexibility index (Phi) is 14.5. The quantitative estimate of drug-likeness (QED) is 0.313. The van der Waals surface area contributed by atoms with E-state index in [1.54, 1.807) is 0 Å². The van der Waals surface area contributed by atoms with Crippen molar-refractivity contribution in [2.45, 2.75) is 78.6 Å². The summed E-state index contributed by atoms with van der Waals surface area (Å²) in [6.07, 6.45) is 16.7. The highest BCUT2D eigenvalue weighted by Gasteiger charge is 2.01. The fourth-order valence-corrected chi connectivity index (χ4v) is 2.38. The van der Waals surface area contributed by atoms with Crippen molar-refractivity contribution in [3.63, 3.8) is 0 Å². The zero-order valence-corrected chi connectivity index (χ0v) is 13.1. The second-order valence-electron chi connectivity index (χ2n) is 5.28. The minimum absolute atomic E-state index is 1.19. The average molecular weight is 253 g/mol. The number of unbranched alkanes of at least 4 members (excludes halogenated alkanes) is 5. The van der Waals surface area contributed by atoms with Crippen LogP contribution in [-0.4, -0.2) is 24.5 Å². The maximum absolute atomic E-state index is 2.63. The molecule has 1 nitrogen and oxygen atoms in total. The SMILES string of the molecule is CCC=CCCCCCCCN(CCC)CCC. The van der Waals surface area contributed by atoms with Gasteiger partial charge >= 0.3 is 0 Å². The number of hydrogen-bond donors (Lipinski definition) is 0. The summed E-state index contributed by atoms with van der Waals surface area (Å²) in [4.78, 5) is 2.63. The molecule has 0 aromatic heterocycles. The zero-order chi connectivity index (χ0) is 13.5. The Balaban J connectivity index is 3.29. The van der Waals surface area contributed by atoms with Gasteiger partial charge in [0.2, 0.25) is 0 Å². The highest BCUT2D eigenvalue weighted by atomic mass is 15.1. The van der Waals surface area contributed by atoms with E-state index in [1.165, 1.54) is 77.4 Å². The summed E-state index contributed by atoms with van der Waals surface area (Å²) >= 11 is 0. The Hall–Kier alpha value is -0.300. The third kappa shape index (κ3) is 12.2. The van der Waals surface area contributed by atoms with Crippen molar-refractivity contribution in [2.75, 3.05) is 19.6 Å². The standard InChI is InChI=1S/C17H35N/c1-4-7-8-9-10-11-12-13-14-17-18(15-5-2)16-6-3/h7-8H,4-6,9-17H2,1-3H3. The van der Waals surface area contributed by atoms with E-state index in [0.717, 1.165) is 0 Å². The van der Waals surface area contributed by atoms with Gasteiger partial charge < -0.3 is 4.90 Å². The summed E-state index contributed by atoms with van der Waals surface area (Å²) in [5.74, 6) is 0. The molecule has 0 saturated carbocycles. The van der Waals surface area contributed by atoms with Gasteiger partial charge in [-0.1, -0.05) is 52.2 Å². The number of hydrogen-bond acceptors (Lipinski definition) is 1. The molecule has 0 N–H and O–H groups in total. The van der Waals surface area contributed by atoms with Gasteiger partial charge in [-0.2, -0.15) is 0 Å². The molecule has 0 heterocycles. The molecule has 0 aromatic rings. The van der Waals surface area contributed by atoms with Crippen LogP contribution in [-0.2, 0) is 0 Å². The van der Waals surface area contributed by atoms with Crippen molar-refractivity contribution < 1.29 is 0 Å². The molecule has 0 radical (unpaired) electrons. The topological polar surface area (TPSA) is 3.24 Å². The lowest BCUT2D eigenvalue weighted by Gasteiger charge is -2.20. The van der Waals surface area contributed by atoms with Crippen LogP contribution in [0.15, 0.2) is 12.2 Å². The second kappa shape index (κ2) is 14.8. The van der Waals surface area contributed by atoms with Crippen molar-refractivity contribution >= 4 is 0 Å². The molecule has 1 heteroatoms.